The van der Waals surface area contributed by atoms with Crippen LogP contribution in [0.1, 0.15) is 42.0 Å². The molecule has 2 amide bonds. The van der Waals surface area contributed by atoms with E-state index >= 15 is 0 Å². The second-order valence-electron chi connectivity index (χ2n) is 8.09. The molecule has 182 valence electrons. The van der Waals surface area contributed by atoms with Crippen LogP contribution in [0.15, 0.2) is 42.2 Å². The highest BCUT2D eigenvalue weighted by atomic mass is 32.1. The molecule has 1 atom stereocenters. The number of aromatic nitrogens is 4. The molecule has 1 aromatic carbocycles. The highest BCUT2D eigenvalue weighted by Gasteiger charge is 2.33. The quantitative estimate of drug-likeness (QED) is 0.401. The van der Waals surface area contributed by atoms with E-state index in [-0.39, 0.29) is 17.9 Å². The number of methoxy groups -OCH3 is 1. The number of fused-ring (bicyclic) bond motifs is 1. The highest BCUT2D eigenvalue weighted by Crippen LogP contribution is 2.37. The molecule has 0 saturated carbocycles. The molecule has 0 radical (unpaired) electrons. The summed E-state index contributed by atoms with van der Waals surface area (Å²) in [7, 11) is 1.50. The minimum atomic E-state index is -0.331. The van der Waals surface area contributed by atoms with Crippen LogP contribution in [0.25, 0.3) is 16.8 Å². The van der Waals surface area contributed by atoms with Crippen LogP contribution < -0.4 is 15.8 Å². The molecular formula is C25H23N7O3S. The number of amides is 2. The number of nitrogen functional groups attached to an aromatic ring is 1. The predicted molar refractivity (Wildman–Crippen MR) is 137 cm³/mol. The third-order valence-corrected chi connectivity index (χ3v) is 6.71. The Hall–Kier alpha value is -4.43. The van der Waals surface area contributed by atoms with E-state index in [1.807, 2.05) is 4.40 Å². The average Bonchev–Trinajstić information content (AvgIpc) is 3.64. The molecule has 10 nitrogen and oxygen atoms in total. The van der Waals surface area contributed by atoms with Crippen molar-refractivity contribution in [3.05, 3.63) is 53.6 Å². The predicted octanol–water partition coefficient (Wildman–Crippen LogP) is 3.38. The third-order valence-electron chi connectivity index (χ3n) is 6.03. The van der Waals surface area contributed by atoms with Gasteiger partial charge in [0, 0.05) is 36.1 Å². The van der Waals surface area contributed by atoms with Crippen molar-refractivity contribution in [1.82, 2.24) is 24.3 Å². The number of nitrogens with one attached hydrogen (secondary N) is 1. The van der Waals surface area contributed by atoms with Crippen molar-refractivity contribution in [1.29, 1.82) is 0 Å². The summed E-state index contributed by atoms with van der Waals surface area (Å²) in [6, 6.07) is 4.97. The van der Waals surface area contributed by atoms with Crippen LogP contribution in [0.3, 0.4) is 0 Å². The fourth-order valence-corrected chi connectivity index (χ4v) is 4.98. The lowest BCUT2D eigenvalue weighted by atomic mass is 10.1. The molecular weight excluding hydrogens is 478 g/mol. The van der Waals surface area contributed by atoms with Crippen molar-refractivity contribution in [3.63, 3.8) is 0 Å². The van der Waals surface area contributed by atoms with E-state index in [0.717, 1.165) is 12.8 Å². The number of ether oxygens (including phenoxy) is 1. The topological polar surface area (TPSA) is 128 Å². The van der Waals surface area contributed by atoms with Gasteiger partial charge in [0.25, 0.3) is 11.8 Å². The molecule has 1 saturated heterocycles. The van der Waals surface area contributed by atoms with Crippen LogP contribution in [-0.2, 0) is 4.79 Å². The third kappa shape index (κ3) is 4.12. The van der Waals surface area contributed by atoms with Gasteiger partial charge in [-0.2, -0.15) is 0 Å². The normalized spacial score (nSPS) is 14.9. The van der Waals surface area contributed by atoms with Crippen LogP contribution in [0.5, 0.6) is 5.75 Å². The molecule has 0 bridgehead atoms. The molecule has 11 heteroatoms. The van der Waals surface area contributed by atoms with Gasteiger partial charge in [0.1, 0.15) is 28.6 Å². The molecule has 1 aliphatic heterocycles. The van der Waals surface area contributed by atoms with Crippen LogP contribution in [-0.4, -0.2) is 49.7 Å². The second kappa shape index (κ2) is 9.67. The summed E-state index contributed by atoms with van der Waals surface area (Å²) in [4.78, 5) is 40.5. The van der Waals surface area contributed by atoms with E-state index in [1.165, 1.54) is 18.4 Å². The fraction of sp³-hybridized carbons (Fsp3) is 0.240. The number of rotatable bonds is 5. The lowest BCUT2D eigenvalue weighted by molar-refractivity contribution is -0.126. The lowest BCUT2D eigenvalue weighted by Gasteiger charge is -2.21. The van der Waals surface area contributed by atoms with Gasteiger partial charge in [-0.25, -0.2) is 15.0 Å². The molecule has 4 aromatic rings. The lowest BCUT2D eigenvalue weighted by Crippen LogP contribution is -2.30. The summed E-state index contributed by atoms with van der Waals surface area (Å²) in [6.07, 6.45) is 6.63. The Kier molecular flexibility index (Phi) is 6.26. The van der Waals surface area contributed by atoms with Crippen molar-refractivity contribution in [2.75, 3.05) is 24.7 Å². The van der Waals surface area contributed by atoms with E-state index in [2.05, 4.69) is 27.1 Å². The Bertz CT molecular complexity index is 1520. The van der Waals surface area contributed by atoms with Gasteiger partial charge < -0.3 is 15.4 Å². The number of thiazole rings is 1. The van der Waals surface area contributed by atoms with E-state index in [4.69, 9.17) is 15.5 Å². The first kappa shape index (κ1) is 23.3. The molecule has 4 heterocycles. The van der Waals surface area contributed by atoms with E-state index in [9.17, 15) is 9.59 Å². The summed E-state index contributed by atoms with van der Waals surface area (Å²) in [5, 5.41) is 5.05. The minimum absolute atomic E-state index is 0.224. The first-order valence-electron chi connectivity index (χ1n) is 11.3. The van der Waals surface area contributed by atoms with Gasteiger partial charge in [0.05, 0.1) is 18.7 Å². The average molecular weight is 502 g/mol. The molecule has 5 rings (SSSR count). The molecule has 3 aromatic heterocycles. The summed E-state index contributed by atoms with van der Waals surface area (Å²) in [5.41, 5.74) is 8.56. The van der Waals surface area contributed by atoms with Gasteiger partial charge in [-0.05, 0) is 37.8 Å². The number of nitrogens with zero attached hydrogens (tertiary/aromatic N) is 5. The van der Waals surface area contributed by atoms with Crippen molar-refractivity contribution in [2.45, 2.75) is 25.8 Å². The van der Waals surface area contributed by atoms with Crippen LogP contribution in [0.2, 0.25) is 0 Å². The molecule has 0 unspecified atom stereocenters. The zero-order valence-electron chi connectivity index (χ0n) is 19.7. The Morgan fingerprint density at radius 3 is 2.89 bits per heavy atom. The van der Waals surface area contributed by atoms with Crippen LogP contribution in [0.4, 0.5) is 10.9 Å². The maximum absolute atomic E-state index is 12.8. The Morgan fingerprint density at radius 1 is 1.28 bits per heavy atom. The van der Waals surface area contributed by atoms with Gasteiger partial charge in [-0.3, -0.25) is 19.3 Å². The first-order valence-corrected chi connectivity index (χ1v) is 12.1. The van der Waals surface area contributed by atoms with Crippen molar-refractivity contribution in [2.24, 2.45) is 0 Å². The maximum atomic E-state index is 12.8. The van der Waals surface area contributed by atoms with Crippen LogP contribution in [0, 0.1) is 11.8 Å². The van der Waals surface area contributed by atoms with E-state index in [1.54, 1.807) is 54.0 Å². The Labute approximate surface area is 211 Å². The van der Waals surface area contributed by atoms with Crippen molar-refractivity contribution >= 4 is 39.6 Å². The fourth-order valence-electron chi connectivity index (χ4n) is 4.46. The number of nitrogens with two attached hydrogens (primary N) is 1. The van der Waals surface area contributed by atoms with Gasteiger partial charge in [-0.15, -0.1) is 11.3 Å². The van der Waals surface area contributed by atoms with E-state index < -0.39 is 0 Å². The van der Waals surface area contributed by atoms with Gasteiger partial charge in [0.2, 0.25) is 0 Å². The minimum Gasteiger partial charge on any atom is -0.496 e. The molecule has 3 N–H and O–H groups in total. The van der Waals surface area contributed by atoms with Gasteiger partial charge in [-0.1, -0.05) is 12.0 Å². The summed E-state index contributed by atoms with van der Waals surface area (Å²) >= 11 is 1.33. The van der Waals surface area contributed by atoms with Gasteiger partial charge in [0.15, 0.2) is 5.13 Å². The number of carbonyl (C=O) groups excluding carboxylic acids is 2. The zero-order valence-corrected chi connectivity index (χ0v) is 20.5. The zero-order chi connectivity index (χ0) is 25.2. The van der Waals surface area contributed by atoms with E-state index in [0.29, 0.717) is 51.4 Å². The largest absolute Gasteiger partial charge is 0.496 e. The SMILES string of the molecule is CC#CC(=O)N1CCC[C@H]1c1nc(-c2ccc(C(=O)Nc3nccs3)c(OC)c2)c2c(N)nccn12. The van der Waals surface area contributed by atoms with Gasteiger partial charge >= 0.3 is 0 Å². The van der Waals surface area contributed by atoms with Crippen molar-refractivity contribution in [3.8, 4) is 28.8 Å². The standard InChI is InChI=1S/C25H23N7O3S/c1-3-5-19(33)31-11-4-6-17(31)23-29-20(21-22(26)27-9-12-32(21)23)15-7-8-16(18(14-15)35-2)24(34)30-25-28-10-13-36-25/h7-10,12-14,17H,4,6,11H2,1-2H3,(H2,26,27)(H,28,30,34)/t17-/m0/s1. The van der Waals surface area contributed by atoms with Crippen LogP contribution >= 0.6 is 11.3 Å². The molecule has 0 aliphatic carbocycles. The summed E-state index contributed by atoms with van der Waals surface area (Å²) in [6.45, 7) is 2.26. The highest BCUT2D eigenvalue weighted by molar-refractivity contribution is 7.13. The van der Waals surface area contributed by atoms with Crippen molar-refractivity contribution < 1.29 is 14.3 Å². The molecule has 0 spiro atoms. The number of hydrogen-bond donors (Lipinski definition) is 2. The number of hydrogen-bond acceptors (Lipinski definition) is 8. The maximum Gasteiger partial charge on any atom is 0.299 e. The first-order chi connectivity index (χ1) is 17.5. The molecule has 1 fully saturated rings. The number of benzene rings is 1. The smallest absolute Gasteiger partial charge is 0.299 e. The Morgan fingerprint density at radius 2 is 2.14 bits per heavy atom. The number of anilines is 2. The monoisotopic (exact) mass is 501 g/mol. The Balaban J connectivity index is 1.58. The number of likely N-dealkylation sites (tertiary alicyclic amines) is 1. The number of imidazole rings is 1. The number of carbonyl (C=O) groups is 2. The molecule has 36 heavy (non-hydrogen) atoms. The molecule has 1 aliphatic rings. The summed E-state index contributed by atoms with van der Waals surface area (Å²) in [5.74, 6) is 6.13. The summed E-state index contributed by atoms with van der Waals surface area (Å²) < 4.78 is 7.42. The second-order valence-corrected chi connectivity index (χ2v) is 8.98.